The molecule has 0 bridgehead atoms. The van der Waals surface area contributed by atoms with E-state index < -0.39 is 0 Å². The summed E-state index contributed by atoms with van der Waals surface area (Å²) in [5.41, 5.74) is 9.25. The fourth-order valence-electron chi connectivity index (χ4n) is 5.04. The van der Waals surface area contributed by atoms with Crippen LogP contribution < -0.4 is 0 Å². The van der Waals surface area contributed by atoms with Crippen LogP contribution in [0.1, 0.15) is 16.8 Å². The summed E-state index contributed by atoms with van der Waals surface area (Å²) in [6.07, 6.45) is 3.88. The number of fused-ring (bicyclic) bond motifs is 4. The summed E-state index contributed by atoms with van der Waals surface area (Å²) in [7, 11) is 0. The maximum absolute atomic E-state index is 4.13. The quantitative estimate of drug-likeness (QED) is 0.269. The Morgan fingerprint density at radius 1 is 0.576 bits per heavy atom. The Kier molecular flexibility index (Phi) is 4.34. The van der Waals surface area contributed by atoms with Crippen LogP contribution in [-0.2, 0) is 0 Å². The van der Waals surface area contributed by atoms with E-state index >= 15 is 0 Å². The number of para-hydroxylation sites is 2. The molecule has 2 heteroatoms. The number of aryl methyl sites for hydroxylation is 1. The first-order valence-electron chi connectivity index (χ1n) is 11.2. The van der Waals surface area contributed by atoms with Gasteiger partial charge in [-0.05, 0) is 55.5 Å². The molecule has 0 N–H and O–H groups in total. The Balaban J connectivity index is 1.82. The number of hydrogen-bond acceptors (Lipinski definition) is 0. The molecule has 0 aliphatic heterocycles. The third-order valence-electron chi connectivity index (χ3n) is 6.54. The average molecular weight is 425 g/mol. The summed E-state index contributed by atoms with van der Waals surface area (Å²) >= 11 is 0. The molecule has 0 radical (unpaired) electrons. The fourth-order valence-corrected chi connectivity index (χ4v) is 5.04. The SMILES string of the molecule is C=Cc1c(C=C)n(-c2ccccc2)c2cc3c(cc12)c1ccccc1n3-c1ccc(C)cc1. The molecule has 0 aliphatic rings. The lowest BCUT2D eigenvalue weighted by atomic mass is 10.1. The predicted molar refractivity (Wildman–Crippen MR) is 143 cm³/mol. The van der Waals surface area contributed by atoms with Crippen LogP contribution in [0.3, 0.4) is 0 Å². The van der Waals surface area contributed by atoms with Crippen molar-refractivity contribution >= 4 is 44.9 Å². The molecule has 158 valence electrons. The van der Waals surface area contributed by atoms with Crippen LogP contribution in [0.15, 0.2) is 104 Å². The number of nitrogens with zero attached hydrogens (tertiary/aromatic N) is 2. The van der Waals surface area contributed by atoms with Crippen LogP contribution in [0.25, 0.3) is 56.2 Å². The van der Waals surface area contributed by atoms with Crippen molar-refractivity contribution < 1.29 is 0 Å². The van der Waals surface area contributed by atoms with Gasteiger partial charge in [-0.1, -0.05) is 73.3 Å². The van der Waals surface area contributed by atoms with E-state index in [2.05, 4.69) is 114 Å². The Morgan fingerprint density at radius 2 is 1.24 bits per heavy atom. The van der Waals surface area contributed by atoms with Gasteiger partial charge in [0.25, 0.3) is 0 Å². The molecular weight excluding hydrogens is 400 g/mol. The molecule has 0 atom stereocenters. The van der Waals surface area contributed by atoms with Gasteiger partial charge in [0.05, 0.1) is 22.2 Å². The molecule has 4 aromatic carbocycles. The van der Waals surface area contributed by atoms with Crippen LogP contribution in [0.2, 0.25) is 0 Å². The predicted octanol–water partition coefficient (Wildman–Crippen LogP) is 8.32. The number of hydrogen-bond donors (Lipinski definition) is 0. The zero-order chi connectivity index (χ0) is 22.5. The minimum absolute atomic E-state index is 1.06. The number of aromatic nitrogens is 2. The molecular formula is C31H24N2. The molecule has 6 rings (SSSR count). The van der Waals surface area contributed by atoms with Crippen molar-refractivity contribution in [2.24, 2.45) is 0 Å². The second kappa shape index (κ2) is 7.39. The van der Waals surface area contributed by atoms with E-state index in [1.54, 1.807) is 0 Å². The van der Waals surface area contributed by atoms with Gasteiger partial charge in [0.2, 0.25) is 0 Å². The van der Waals surface area contributed by atoms with E-state index in [0.29, 0.717) is 0 Å². The van der Waals surface area contributed by atoms with Gasteiger partial charge >= 0.3 is 0 Å². The highest BCUT2D eigenvalue weighted by molar-refractivity contribution is 6.15. The first-order chi connectivity index (χ1) is 16.2. The molecule has 2 nitrogen and oxygen atoms in total. The Morgan fingerprint density at radius 3 is 1.97 bits per heavy atom. The summed E-state index contributed by atoms with van der Waals surface area (Å²) in [4.78, 5) is 0. The van der Waals surface area contributed by atoms with Crippen molar-refractivity contribution in [3.8, 4) is 11.4 Å². The third-order valence-corrected chi connectivity index (χ3v) is 6.54. The van der Waals surface area contributed by atoms with Gasteiger partial charge in [0.15, 0.2) is 0 Å². The summed E-state index contributed by atoms with van der Waals surface area (Å²) in [5, 5.41) is 3.67. The maximum Gasteiger partial charge on any atom is 0.0562 e. The number of benzene rings is 4. The topological polar surface area (TPSA) is 9.86 Å². The zero-order valence-corrected chi connectivity index (χ0v) is 18.6. The van der Waals surface area contributed by atoms with Crippen molar-refractivity contribution in [3.05, 3.63) is 121 Å². The average Bonchev–Trinajstić information content (AvgIpc) is 3.35. The highest BCUT2D eigenvalue weighted by Gasteiger charge is 2.19. The molecule has 0 saturated carbocycles. The van der Waals surface area contributed by atoms with Crippen molar-refractivity contribution in [1.29, 1.82) is 0 Å². The standard InChI is InChI=1S/C31H24N2/c1-4-24-26-19-27-25-13-9-10-14-29(25)33(23-17-15-21(3)16-18-23)31(27)20-30(26)32(28(24)5-2)22-11-7-6-8-12-22/h4-20H,1-2H2,3H3. The van der Waals surface area contributed by atoms with Crippen molar-refractivity contribution in [2.75, 3.05) is 0 Å². The van der Waals surface area contributed by atoms with Crippen molar-refractivity contribution in [2.45, 2.75) is 6.92 Å². The maximum atomic E-state index is 4.13. The normalized spacial score (nSPS) is 11.4. The van der Waals surface area contributed by atoms with Crippen LogP contribution >= 0.6 is 0 Å². The minimum Gasteiger partial charge on any atom is -0.309 e. The second-order valence-corrected chi connectivity index (χ2v) is 8.45. The minimum atomic E-state index is 1.06. The van der Waals surface area contributed by atoms with Gasteiger partial charge in [-0.2, -0.15) is 0 Å². The molecule has 0 fully saturated rings. The molecule has 0 unspecified atom stereocenters. The lowest BCUT2D eigenvalue weighted by Crippen LogP contribution is -1.97. The van der Waals surface area contributed by atoms with Crippen LogP contribution in [-0.4, -0.2) is 9.13 Å². The molecule has 0 saturated heterocycles. The molecule has 2 heterocycles. The lowest BCUT2D eigenvalue weighted by molar-refractivity contribution is 1.10. The van der Waals surface area contributed by atoms with Crippen molar-refractivity contribution in [3.63, 3.8) is 0 Å². The van der Waals surface area contributed by atoms with Crippen LogP contribution in [0, 0.1) is 6.92 Å². The van der Waals surface area contributed by atoms with Crippen LogP contribution in [0.4, 0.5) is 0 Å². The van der Waals surface area contributed by atoms with Gasteiger partial charge < -0.3 is 9.13 Å². The summed E-state index contributed by atoms with van der Waals surface area (Å²) in [5.74, 6) is 0. The van der Waals surface area contributed by atoms with E-state index in [0.717, 1.165) is 28.1 Å². The fraction of sp³-hybridized carbons (Fsp3) is 0.0323. The Bertz CT molecular complexity index is 1680. The first kappa shape index (κ1) is 19.4. The highest BCUT2D eigenvalue weighted by Crippen LogP contribution is 2.39. The number of rotatable bonds is 4. The molecule has 2 aromatic heterocycles. The second-order valence-electron chi connectivity index (χ2n) is 8.45. The van der Waals surface area contributed by atoms with E-state index in [9.17, 15) is 0 Å². The smallest absolute Gasteiger partial charge is 0.0562 e. The lowest BCUT2D eigenvalue weighted by Gasteiger charge is -2.11. The van der Waals surface area contributed by atoms with Gasteiger partial charge in [-0.25, -0.2) is 0 Å². The van der Waals surface area contributed by atoms with Gasteiger partial charge in [0, 0.05) is 33.1 Å². The Labute approximate surface area is 193 Å². The summed E-state index contributed by atoms with van der Waals surface area (Å²) < 4.78 is 4.66. The Hall–Kier alpha value is -4.30. The van der Waals surface area contributed by atoms with Gasteiger partial charge in [-0.3, -0.25) is 0 Å². The molecule has 0 amide bonds. The van der Waals surface area contributed by atoms with Gasteiger partial charge in [0.1, 0.15) is 0 Å². The van der Waals surface area contributed by atoms with Crippen molar-refractivity contribution in [1.82, 2.24) is 9.13 Å². The van der Waals surface area contributed by atoms with Crippen LogP contribution in [0.5, 0.6) is 0 Å². The third kappa shape index (κ3) is 2.81. The largest absolute Gasteiger partial charge is 0.309 e. The summed E-state index contributed by atoms with van der Waals surface area (Å²) in [6, 6.07) is 32.5. The molecule has 6 aromatic rings. The van der Waals surface area contributed by atoms with Gasteiger partial charge in [-0.15, -0.1) is 0 Å². The van der Waals surface area contributed by atoms with E-state index in [-0.39, 0.29) is 0 Å². The van der Waals surface area contributed by atoms with E-state index in [4.69, 9.17) is 0 Å². The monoisotopic (exact) mass is 424 g/mol. The molecule has 33 heavy (non-hydrogen) atoms. The first-order valence-corrected chi connectivity index (χ1v) is 11.2. The van der Waals surface area contributed by atoms with E-state index in [1.807, 2.05) is 18.2 Å². The highest BCUT2D eigenvalue weighted by atomic mass is 15.0. The summed E-state index contributed by atoms with van der Waals surface area (Å²) in [6.45, 7) is 10.4. The molecule has 0 aliphatic carbocycles. The van der Waals surface area contributed by atoms with E-state index in [1.165, 1.54) is 32.8 Å². The zero-order valence-electron chi connectivity index (χ0n) is 18.6. The molecule has 0 spiro atoms.